The summed E-state index contributed by atoms with van der Waals surface area (Å²) in [6, 6.07) is 20.7. The molecular weight excluding hydrogens is 334 g/mol. The summed E-state index contributed by atoms with van der Waals surface area (Å²) in [5, 5.41) is 6.69. The molecule has 5 nitrogen and oxygen atoms in total. The molecule has 2 aromatic carbocycles. The lowest BCUT2D eigenvalue weighted by Crippen LogP contribution is -2.09. The summed E-state index contributed by atoms with van der Waals surface area (Å²) < 4.78 is 0. The summed E-state index contributed by atoms with van der Waals surface area (Å²) in [6.07, 6.45) is 2.11. The number of anilines is 4. The molecule has 0 aliphatic carbocycles. The van der Waals surface area contributed by atoms with Crippen LogP contribution in [0.25, 0.3) is 0 Å². The molecule has 0 aliphatic heterocycles. The minimum absolute atomic E-state index is 0.609. The molecule has 3 aromatic rings. The lowest BCUT2D eigenvalue weighted by atomic mass is 10.1. The second kappa shape index (κ2) is 9.03. The third-order valence-electron chi connectivity index (χ3n) is 4.29. The van der Waals surface area contributed by atoms with Gasteiger partial charge in [-0.05, 0) is 49.6 Å². The highest BCUT2D eigenvalue weighted by Gasteiger charge is 2.04. The summed E-state index contributed by atoms with van der Waals surface area (Å²) >= 11 is 0. The van der Waals surface area contributed by atoms with E-state index in [0.717, 1.165) is 42.3 Å². The third kappa shape index (κ3) is 5.71. The van der Waals surface area contributed by atoms with Crippen molar-refractivity contribution in [3.63, 3.8) is 0 Å². The average Bonchev–Trinajstić information content (AvgIpc) is 2.66. The maximum Gasteiger partial charge on any atom is 0.229 e. The first-order valence-electron chi connectivity index (χ1n) is 9.28. The van der Waals surface area contributed by atoms with Gasteiger partial charge in [0.1, 0.15) is 5.82 Å². The van der Waals surface area contributed by atoms with Gasteiger partial charge in [-0.3, -0.25) is 0 Å². The Bertz CT molecular complexity index is 844. The number of hydrogen-bond donors (Lipinski definition) is 2. The molecule has 0 atom stereocenters. The van der Waals surface area contributed by atoms with Gasteiger partial charge >= 0.3 is 0 Å². The summed E-state index contributed by atoms with van der Waals surface area (Å²) in [4.78, 5) is 11.2. The van der Waals surface area contributed by atoms with Crippen LogP contribution in [0.1, 0.15) is 17.7 Å². The quantitative estimate of drug-likeness (QED) is 0.573. The van der Waals surface area contributed by atoms with E-state index >= 15 is 0 Å². The van der Waals surface area contributed by atoms with Gasteiger partial charge in [0, 0.05) is 43.8 Å². The molecule has 140 valence electrons. The molecule has 3 rings (SSSR count). The van der Waals surface area contributed by atoms with Gasteiger partial charge in [0.2, 0.25) is 5.95 Å². The van der Waals surface area contributed by atoms with E-state index in [4.69, 9.17) is 0 Å². The van der Waals surface area contributed by atoms with Crippen LogP contribution in [0.15, 0.2) is 60.7 Å². The molecule has 2 N–H and O–H groups in total. The molecule has 0 unspecified atom stereocenters. The van der Waals surface area contributed by atoms with E-state index in [0.29, 0.717) is 5.95 Å². The topological polar surface area (TPSA) is 53.1 Å². The Labute approximate surface area is 161 Å². The zero-order chi connectivity index (χ0) is 19.1. The van der Waals surface area contributed by atoms with Gasteiger partial charge in [0.15, 0.2) is 0 Å². The van der Waals surface area contributed by atoms with Gasteiger partial charge in [-0.25, -0.2) is 4.98 Å². The van der Waals surface area contributed by atoms with Gasteiger partial charge in [0.25, 0.3) is 0 Å². The highest BCUT2D eigenvalue weighted by Crippen LogP contribution is 2.19. The number of nitrogens with one attached hydrogen (secondary N) is 2. The number of rotatable bonds is 8. The first kappa shape index (κ1) is 18.7. The van der Waals surface area contributed by atoms with E-state index in [1.807, 2.05) is 45.3 Å². The van der Waals surface area contributed by atoms with Crippen molar-refractivity contribution in [1.29, 1.82) is 0 Å². The van der Waals surface area contributed by atoms with Gasteiger partial charge in [0.05, 0.1) is 0 Å². The molecular formula is C22H27N5. The van der Waals surface area contributed by atoms with Crippen molar-refractivity contribution in [3.8, 4) is 0 Å². The highest BCUT2D eigenvalue weighted by molar-refractivity contribution is 5.59. The zero-order valence-electron chi connectivity index (χ0n) is 16.2. The SMILES string of the molecule is Cc1cc(NCCCc2ccccc2)nc(Nc2ccc(N(C)C)cc2)n1. The number of benzene rings is 2. The Morgan fingerprint density at radius 3 is 2.37 bits per heavy atom. The molecule has 1 heterocycles. The Morgan fingerprint density at radius 1 is 0.926 bits per heavy atom. The predicted octanol–water partition coefficient (Wildman–Crippen LogP) is 4.64. The second-order valence-electron chi connectivity index (χ2n) is 6.80. The molecule has 0 aliphatic rings. The number of hydrogen-bond acceptors (Lipinski definition) is 5. The fourth-order valence-electron chi connectivity index (χ4n) is 2.84. The monoisotopic (exact) mass is 361 g/mol. The fourth-order valence-corrected chi connectivity index (χ4v) is 2.84. The van der Waals surface area contributed by atoms with Gasteiger partial charge < -0.3 is 15.5 Å². The molecule has 0 spiro atoms. The lowest BCUT2D eigenvalue weighted by molar-refractivity contribution is 0.857. The van der Waals surface area contributed by atoms with Crippen molar-refractivity contribution >= 4 is 23.1 Å². The standard InChI is InChI=1S/C22H27N5/c1-17-16-21(23-15-7-10-18-8-5-4-6-9-18)26-22(24-17)25-19-11-13-20(14-12-19)27(2)3/h4-6,8-9,11-14,16H,7,10,15H2,1-3H3,(H2,23,24,25,26). The molecule has 0 amide bonds. The Kier molecular flexibility index (Phi) is 6.26. The predicted molar refractivity (Wildman–Crippen MR) is 114 cm³/mol. The first-order valence-corrected chi connectivity index (χ1v) is 9.28. The minimum Gasteiger partial charge on any atom is -0.378 e. The molecule has 0 saturated carbocycles. The lowest BCUT2D eigenvalue weighted by Gasteiger charge is -2.13. The van der Waals surface area contributed by atoms with E-state index in [9.17, 15) is 0 Å². The number of nitrogens with zero attached hydrogens (tertiary/aromatic N) is 3. The Balaban J connectivity index is 1.57. The van der Waals surface area contributed by atoms with Crippen LogP contribution in [0.5, 0.6) is 0 Å². The first-order chi connectivity index (χ1) is 13.1. The van der Waals surface area contributed by atoms with E-state index in [-0.39, 0.29) is 0 Å². The van der Waals surface area contributed by atoms with Crippen LogP contribution in [-0.4, -0.2) is 30.6 Å². The smallest absolute Gasteiger partial charge is 0.229 e. The van der Waals surface area contributed by atoms with Crippen molar-refractivity contribution < 1.29 is 0 Å². The van der Waals surface area contributed by atoms with Crippen LogP contribution in [0.3, 0.4) is 0 Å². The van der Waals surface area contributed by atoms with E-state index < -0.39 is 0 Å². The molecule has 0 fully saturated rings. The number of aryl methyl sites for hydroxylation is 2. The molecule has 0 saturated heterocycles. The summed E-state index contributed by atoms with van der Waals surface area (Å²) in [7, 11) is 4.06. The summed E-state index contributed by atoms with van der Waals surface area (Å²) in [5.41, 5.74) is 4.43. The van der Waals surface area contributed by atoms with Gasteiger partial charge in [-0.2, -0.15) is 4.98 Å². The fraction of sp³-hybridized carbons (Fsp3) is 0.273. The van der Waals surface area contributed by atoms with Gasteiger partial charge in [-0.1, -0.05) is 30.3 Å². The molecule has 27 heavy (non-hydrogen) atoms. The zero-order valence-corrected chi connectivity index (χ0v) is 16.2. The van der Waals surface area contributed by atoms with Crippen molar-refractivity contribution in [3.05, 3.63) is 71.9 Å². The van der Waals surface area contributed by atoms with Crippen LogP contribution in [0.2, 0.25) is 0 Å². The molecule has 0 bridgehead atoms. The van der Waals surface area contributed by atoms with Crippen molar-refractivity contribution in [2.45, 2.75) is 19.8 Å². The molecule has 0 radical (unpaired) electrons. The van der Waals surface area contributed by atoms with E-state index in [1.165, 1.54) is 5.56 Å². The van der Waals surface area contributed by atoms with Crippen LogP contribution in [0, 0.1) is 6.92 Å². The summed E-state index contributed by atoms with van der Waals surface area (Å²) in [5.74, 6) is 1.46. The van der Waals surface area contributed by atoms with Crippen molar-refractivity contribution in [2.24, 2.45) is 0 Å². The Morgan fingerprint density at radius 2 is 1.67 bits per heavy atom. The largest absolute Gasteiger partial charge is 0.378 e. The van der Waals surface area contributed by atoms with E-state index in [2.05, 4.69) is 61.9 Å². The number of aromatic nitrogens is 2. The molecule has 1 aromatic heterocycles. The normalized spacial score (nSPS) is 10.5. The average molecular weight is 361 g/mol. The summed E-state index contributed by atoms with van der Waals surface area (Å²) in [6.45, 7) is 2.86. The van der Waals surface area contributed by atoms with Crippen LogP contribution in [-0.2, 0) is 6.42 Å². The Hall–Kier alpha value is -3.08. The maximum absolute atomic E-state index is 4.59. The van der Waals surface area contributed by atoms with E-state index in [1.54, 1.807) is 0 Å². The van der Waals surface area contributed by atoms with Crippen LogP contribution in [0.4, 0.5) is 23.1 Å². The highest BCUT2D eigenvalue weighted by atomic mass is 15.1. The third-order valence-corrected chi connectivity index (χ3v) is 4.29. The van der Waals surface area contributed by atoms with Gasteiger partial charge in [-0.15, -0.1) is 0 Å². The second-order valence-corrected chi connectivity index (χ2v) is 6.80. The molecule has 5 heteroatoms. The minimum atomic E-state index is 0.609. The van der Waals surface area contributed by atoms with Crippen molar-refractivity contribution in [2.75, 3.05) is 36.2 Å². The van der Waals surface area contributed by atoms with Crippen LogP contribution >= 0.6 is 0 Å². The van der Waals surface area contributed by atoms with Crippen molar-refractivity contribution in [1.82, 2.24) is 9.97 Å². The maximum atomic E-state index is 4.59. The van der Waals surface area contributed by atoms with Crippen LogP contribution < -0.4 is 15.5 Å².